The number of nitrogens with zero attached hydrogens (tertiary/aromatic N) is 2. The van der Waals surface area contributed by atoms with E-state index in [0.29, 0.717) is 6.61 Å². The van der Waals surface area contributed by atoms with Gasteiger partial charge < -0.3 is 9.84 Å². The van der Waals surface area contributed by atoms with Crippen molar-refractivity contribution in [2.75, 3.05) is 13.2 Å². The van der Waals surface area contributed by atoms with E-state index >= 15 is 0 Å². The van der Waals surface area contributed by atoms with Crippen LogP contribution in [0.3, 0.4) is 0 Å². The first-order valence-corrected chi connectivity index (χ1v) is 6.05. The molecule has 5 heteroatoms. The Morgan fingerprint density at radius 1 is 1.65 bits per heavy atom. The molecule has 0 saturated heterocycles. The summed E-state index contributed by atoms with van der Waals surface area (Å²) in [6, 6.07) is 0. The van der Waals surface area contributed by atoms with E-state index in [1.165, 1.54) is 0 Å². The second-order valence-electron chi connectivity index (χ2n) is 4.44. The molecule has 1 fully saturated rings. The van der Waals surface area contributed by atoms with E-state index in [9.17, 15) is 4.79 Å². The summed E-state index contributed by atoms with van der Waals surface area (Å²) in [6.07, 6.45) is 5.47. The number of hydrogen-bond donors (Lipinski definition) is 1. The Bertz CT molecular complexity index is 389. The quantitative estimate of drug-likeness (QED) is 0.731. The van der Waals surface area contributed by atoms with Gasteiger partial charge in [-0.2, -0.15) is 5.10 Å². The van der Waals surface area contributed by atoms with Gasteiger partial charge in [0.1, 0.15) is 0 Å². The van der Waals surface area contributed by atoms with Gasteiger partial charge >= 0.3 is 5.97 Å². The highest BCUT2D eigenvalue weighted by atomic mass is 16.5. The van der Waals surface area contributed by atoms with Crippen LogP contribution in [0.15, 0.2) is 12.4 Å². The molecule has 0 aliphatic heterocycles. The summed E-state index contributed by atoms with van der Waals surface area (Å²) in [4.78, 5) is 10.7. The van der Waals surface area contributed by atoms with E-state index < -0.39 is 5.97 Å². The summed E-state index contributed by atoms with van der Waals surface area (Å²) >= 11 is 0. The summed E-state index contributed by atoms with van der Waals surface area (Å²) in [5, 5.41) is 13.1. The van der Waals surface area contributed by atoms with Crippen molar-refractivity contribution in [1.82, 2.24) is 9.78 Å². The van der Waals surface area contributed by atoms with Gasteiger partial charge in [-0.3, -0.25) is 9.48 Å². The van der Waals surface area contributed by atoms with Gasteiger partial charge in [0.15, 0.2) is 0 Å². The molecule has 1 saturated carbocycles. The van der Waals surface area contributed by atoms with Gasteiger partial charge in [-0.05, 0) is 18.4 Å². The second-order valence-corrected chi connectivity index (χ2v) is 4.44. The molecule has 5 nitrogen and oxygen atoms in total. The van der Waals surface area contributed by atoms with Crippen LogP contribution >= 0.6 is 0 Å². The molecule has 94 valence electrons. The number of aliphatic carboxylic acids is 1. The molecule has 1 aliphatic rings. The maximum Gasteiger partial charge on any atom is 0.307 e. The summed E-state index contributed by atoms with van der Waals surface area (Å²) in [5.74, 6) is -0.740. The lowest BCUT2D eigenvalue weighted by molar-refractivity contribution is -0.138. The van der Waals surface area contributed by atoms with E-state index in [4.69, 9.17) is 9.84 Å². The number of carboxylic acid groups (broad SMARTS) is 1. The lowest BCUT2D eigenvalue weighted by Gasteiger charge is -2.02. The molecule has 1 aromatic heterocycles. The third-order valence-corrected chi connectivity index (χ3v) is 3.00. The largest absolute Gasteiger partial charge is 0.481 e. The van der Waals surface area contributed by atoms with E-state index in [2.05, 4.69) is 12.0 Å². The van der Waals surface area contributed by atoms with Crippen molar-refractivity contribution in [2.45, 2.75) is 32.2 Å². The molecule has 0 spiro atoms. The third kappa shape index (κ3) is 3.06. The summed E-state index contributed by atoms with van der Waals surface area (Å²) < 4.78 is 7.20. The Morgan fingerprint density at radius 3 is 3.12 bits per heavy atom. The van der Waals surface area contributed by atoms with E-state index in [1.807, 2.05) is 10.9 Å². The Balaban J connectivity index is 1.79. The van der Waals surface area contributed by atoms with Crippen LogP contribution in [0, 0.1) is 5.92 Å². The molecule has 17 heavy (non-hydrogen) atoms. The second kappa shape index (κ2) is 5.31. The first-order valence-electron chi connectivity index (χ1n) is 6.05. The maximum atomic E-state index is 10.7. The Kier molecular flexibility index (Phi) is 3.78. The molecule has 1 heterocycles. The predicted octanol–water partition coefficient (Wildman–Crippen LogP) is 1.50. The average Bonchev–Trinajstić information content (AvgIpc) is 2.98. The van der Waals surface area contributed by atoms with Crippen molar-refractivity contribution in [3.05, 3.63) is 18.0 Å². The Morgan fingerprint density at radius 2 is 2.47 bits per heavy atom. The van der Waals surface area contributed by atoms with Crippen molar-refractivity contribution in [3.63, 3.8) is 0 Å². The van der Waals surface area contributed by atoms with Gasteiger partial charge in [0.25, 0.3) is 0 Å². The SMILES string of the molecule is CCCOCCn1cc([C@H]2C[C@@H]2C(=O)O)cn1. The lowest BCUT2D eigenvalue weighted by atomic mass is 10.2. The molecular weight excluding hydrogens is 220 g/mol. The first kappa shape index (κ1) is 12.1. The zero-order chi connectivity index (χ0) is 12.3. The number of ether oxygens (including phenoxy) is 1. The fraction of sp³-hybridized carbons (Fsp3) is 0.667. The molecule has 2 atom stereocenters. The van der Waals surface area contributed by atoms with Crippen LogP contribution in [-0.2, 0) is 16.1 Å². The van der Waals surface area contributed by atoms with Crippen LogP contribution in [0.4, 0.5) is 0 Å². The fourth-order valence-corrected chi connectivity index (χ4v) is 1.93. The fourth-order valence-electron chi connectivity index (χ4n) is 1.93. The Hall–Kier alpha value is -1.36. The minimum atomic E-state index is -0.700. The molecule has 1 aromatic rings. The monoisotopic (exact) mass is 238 g/mol. The summed E-state index contributed by atoms with van der Waals surface area (Å²) in [6.45, 7) is 4.23. The van der Waals surface area contributed by atoms with Crippen LogP contribution in [-0.4, -0.2) is 34.1 Å². The van der Waals surface area contributed by atoms with Crippen LogP contribution in [0.1, 0.15) is 31.2 Å². The third-order valence-electron chi connectivity index (χ3n) is 3.00. The predicted molar refractivity (Wildman–Crippen MR) is 61.8 cm³/mol. The normalized spacial score (nSPS) is 22.6. The zero-order valence-electron chi connectivity index (χ0n) is 10.0. The van der Waals surface area contributed by atoms with Crippen LogP contribution in [0.2, 0.25) is 0 Å². The van der Waals surface area contributed by atoms with Gasteiger partial charge in [-0.1, -0.05) is 6.92 Å². The van der Waals surface area contributed by atoms with Crippen molar-refractivity contribution in [2.24, 2.45) is 5.92 Å². The van der Waals surface area contributed by atoms with E-state index in [1.54, 1.807) is 6.20 Å². The van der Waals surface area contributed by atoms with Gasteiger partial charge in [-0.25, -0.2) is 0 Å². The highest BCUT2D eigenvalue weighted by Gasteiger charge is 2.44. The van der Waals surface area contributed by atoms with Crippen LogP contribution < -0.4 is 0 Å². The first-order chi connectivity index (χ1) is 8.22. The molecule has 0 unspecified atom stereocenters. The van der Waals surface area contributed by atoms with Crippen molar-refractivity contribution in [1.29, 1.82) is 0 Å². The van der Waals surface area contributed by atoms with Gasteiger partial charge in [0, 0.05) is 18.7 Å². The van der Waals surface area contributed by atoms with Crippen LogP contribution in [0.25, 0.3) is 0 Å². The average molecular weight is 238 g/mol. The molecule has 0 aromatic carbocycles. The lowest BCUT2D eigenvalue weighted by Crippen LogP contribution is -2.06. The van der Waals surface area contributed by atoms with E-state index in [0.717, 1.165) is 31.6 Å². The minimum absolute atomic E-state index is 0.165. The van der Waals surface area contributed by atoms with Crippen molar-refractivity contribution < 1.29 is 14.6 Å². The topological polar surface area (TPSA) is 64.3 Å². The van der Waals surface area contributed by atoms with Gasteiger partial charge in [-0.15, -0.1) is 0 Å². The highest BCUT2D eigenvalue weighted by Crippen LogP contribution is 2.47. The van der Waals surface area contributed by atoms with E-state index in [-0.39, 0.29) is 11.8 Å². The number of carbonyl (C=O) groups is 1. The smallest absolute Gasteiger partial charge is 0.307 e. The Labute approximate surface area is 100 Å². The van der Waals surface area contributed by atoms with Crippen molar-refractivity contribution >= 4 is 5.97 Å². The molecule has 0 radical (unpaired) electrons. The molecular formula is C12H18N2O3. The maximum absolute atomic E-state index is 10.7. The number of hydrogen-bond acceptors (Lipinski definition) is 3. The summed E-state index contributed by atoms with van der Waals surface area (Å²) in [5.41, 5.74) is 1.04. The number of carboxylic acids is 1. The summed E-state index contributed by atoms with van der Waals surface area (Å²) in [7, 11) is 0. The standard InChI is InChI=1S/C12H18N2O3/c1-2-4-17-5-3-14-8-9(7-13-14)10-6-11(10)12(15)16/h7-8,10-11H,2-6H2,1H3,(H,15,16)/t10-,11+/m1/s1. The molecule has 1 aliphatic carbocycles. The van der Waals surface area contributed by atoms with Gasteiger partial charge in [0.05, 0.1) is 25.3 Å². The highest BCUT2D eigenvalue weighted by molar-refractivity contribution is 5.75. The molecule has 0 amide bonds. The molecule has 1 N–H and O–H groups in total. The van der Waals surface area contributed by atoms with Crippen molar-refractivity contribution in [3.8, 4) is 0 Å². The minimum Gasteiger partial charge on any atom is -0.481 e. The van der Waals surface area contributed by atoms with Crippen LogP contribution in [0.5, 0.6) is 0 Å². The zero-order valence-corrected chi connectivity index (χ0v) is 10.0. The number of aromatic nitrogens is 2. The van der Waals surface area contributed by atoms with Gasteiger partial charge in [0.2, 0.25) is 0 Å². The number of rotatable bonds is 7. The molecule has 0 bridgehead atoms. The molecule has 2 rings (SSSR count).